The van der Waals surface area contributed by atoms with Gasteiger partial charge in [0.25, 0.3) is 0 Å². The lowest BCUT2D eigenvalue weighted by atomic mass is 10.1. The monoisotopic (exact) mass is 254 g/mol. The zero-order valence-corrected chi connectivity index (χ0v) is 11.8. The summed E-state index contributed by atoms with van der Waals surface area (Å²) in [7, 11) is 0. The molecule has 0 radical (unpaired) electrons. The summed E-state index contributed by atoms with van der Waals surface area (Å²) in [6, 6.07) is 0. The van der Waals surface area contributed by atoms with Crippen LogP contribution in [0.5, 0.6) is 0 Å². The summed E-state index contributed by atoms with van der Waals surface area (Å²) in [5.74, 6) is 0.285. The maximum absolute atomic E-state index is 12.0. The summed E-state index contributed by atoms with van der Waals surface area (Å²) in [6.45, 7) is 6.84. The number of hydrogen-bond donors (Lipinski definition) is 0. The molecule has 18 heavy (non-hydrogen) atoms. The fourth-order valence-electron chi connectivity index (χ4n) is 2.31. The molecule has 4 heteroatoms. The van der Waals surface area contributed by atoms with Gasteiger partial charge in [0.15, 0.2) is 0 Å². The third-order valence-corrected chi connectivity index (χ3v) is 3.53. The summed E-state index contributed by atoms with van der Waals surface area (Å²) in [6.07, 6.45) is 6.04. The predicted octanol–water partition coefficient (Wildman–Crippen LogP) is 2.04. The van der Waals surface area contributed by atoms with Crippen LogP contribution in [0.1, 0.15) is 52.4 Å². The van der Waals surface area contributed by atoms with E-state index in [0.717, 1.165) is 45.3 Å². The molecule has 1 fully saturated rings. The van der Waals surface area contributed by atoms with Gasteiger partial charge in [-0.3, -0.25) is 9.59 Å². The highest BCUT2D eigenvalue weighted by Gasteiger charge is 2.17. The van der Waals surface area contributed by atoms with Crippen molar-refractivity contribution in [3.8, 4) is 0 Å². The van der Waals surface area contributed by atoms with Gasteiger partial charge in [-0.2, -0.15) is 0 Å². The highest BCUT2D eigenvalue weighted by atomic mass is 16.2. The molecular weight excluding hydrogens is 228 g/mol. The fraction of sp³-hybridized carbons (Fsp3) is 0.857. The predicted molar refractivity (Wildman–Crippen MR) is 72.2 cm³/mol. The molecule has 0 aromatic carbocycles. The second kappa shape index (κ2) is 8.11. The van der Waals surface area contributed by atoms with Gasteiger partial charge in [-0.05, 0) is 25.7 Å². The highest BCUT2D eigenvalue weighted by Crippen LogP contribution is 2.10. The number of piperidine rings is 1. The van der Waals surface area contributed by atoms with Crippen LogP contribution >= 0.6 is 0 Å². The Morgan fingerprint density at radius 2 is 1.78 bits per heavy atom. The molecule has 0 unspecified atom stereocenters. The van der Waals surface area contributed by atoms with Gasteiger partial charge in [-0.15, -0.1) is 0 Å². The van der Waals surface area contributed by atoms with Crippen molar-refractivity contribution in [1.29, 1.82) is 0 Å². The van der Waals surface area contributed by atoms with Gasteiger partial charge < -0.3 is 9.80 Å². The van der Waals surface area contributed by atoms with E-state index in [0.29, 0.717) is 13.0 Å². The lowest BCUT2D eigenvalue weighted by molar-refractivity contribution is -0.134. The fourth-order valence-corrected chi connectivity index (χ4v) is 2.31. The smallest absolute Gasteiger partial charge is 0.224 e. The van der Waals surface area contributed by atoms with Gasteiger partial charge in [-0.25, -0.2) is 0 Å². The van der Waals surface area contributed by atoms with E-state index >= 15 is 0 Å². The van der Waals surface area contributed by atoms with E-state index in [1.54, 1.807) is 11.8 Å². The minimum Gasteiger partial charge on any atom is -0.343 e. The van der Waals surface area contributed by atoms with E-state index in [1.807, 2.05) is 4.90 Å². The molecule has 1 rings (SSSR count). The normalized spacial score (nSPS) is 15.6. The third-order valence-electron chi connectivity index (χ3n) is 3.53. The molecule has 1 aliphatic rings. The van der Waals surface area contributed by atoms with E-state index in [2.05, 4.69) is 6.92 Å². The number of amides is 2. The first kappa shape index (κ1) is 15.0. The number of carbonyl (C=O) groups is 2. The summed E-state index contributed by atoms with van der Waals surface area (Å²) in [4.78, 5) is 27.2. The van der Waals surface area contributed by atoms with Crippen LogP contribution in [0.25, 0.3) is 0 Å². The van der Waals surface area contributed by atoms with Crippen LogP contribution in [0.3, 0.4) is 0 Å². The number of nitrogens with zero attached hydrogens (tertiary/aromatic N) is 2. The minimum absolute atomic E-state index is 0.0786. The number of rotatable bonds is 6. The number of hydrogen-bond acceptors (Lipinski definition) is 2. The Hall–Kier alpha value is -1.06. The molecule has 0 atom stereocenters. The van der Waals surface area contributed by atoms with Crippen LogP contribution in [-0.2, 0) is 9.59 Å². The maximum Gasteiger partial charge on any atom is 0.224 e. The Kier molecular flexibility index (Phi) is 6.76. The van der Waals surface area contributed by atoms with E-state index in [-0.39, 0.29) is 11.8 Å². The van der Waals surface area contributed by atoms with Crippen LogP contribution in [0.15, 0.2) is 0 Å². The lowest BCUT2D eigenvalue weighted by Gasteiger charge is -2.28. The first-order valence-corrected chi connectivity index (χ1v) is 7.18. The van der Waals surface area contributed by atoms with Crippen LogP contribution in [0.2, 0.25) is 0 Å². The number of unbranched alkanes of at least 4 members (excludes halogenated alkanes) is 1. The molecule has 1 heterocycles. The number of likely N-dealkylation sites (tertiary alicyclic amines) is 1. The molecule has 2 amide bonds. The zero-order valence-electron chi connectivity index (χ0n) is 11.8. The Bertz CT molecular complexity index is 273. The lowest BCUT2D eigenvalue weighted by Crippen LogP contribution is -2.39. The minimum atomic E-state index is 0.0786. The summed E-state index contributed by atoms with van der Waals surface area (Å²) < 4.78 is 0. The second-order valence-electron chi connectivity index (χ2n) is 5.05. The van der Waals surface area contributed by atoms with E-state index in [9.17, 15) is 9.59 Å². The molecule has 0 bridgehead atoms. The van der Waals surface area contributed by atoms with Gasteiger partial charge in [0, 0.05) is 39.5 Å². The summed E-state index contributed by atoms with van der Waals surface area (Å²) in [5.41, 5.74) is 0. The molecular formula is C14H26N2O2. The first-order chi connectivity index (χ1) is 8.65. The van der Waals surface area contributed by atoms with Crippen molar-refractivity contribution in [3.05, 3.63) is 0 Å². The average Bonchev–Trinajstić information content (AvgIpc) is 2.39. The quantitative estimate of drug-likeness (QED) is 0.728. The Morgan fingerprint density at radius 3 is 2.33 bits per heavy atom. The van der Waals surface area contributed by atoms with Crippen molar-refractivity contribution < 1.29 is 9.59 Å². The molecule has 0 aromatic rings. The summed E-state index contributed by atoms with van der Waals surface area (Å²) in [5, 5.41) is 0. The number of carbonyl (C=O) groups excluding carboxylic acids is 2. The van der Waals surface area contributed by atoms with Crippen LogP contribution < -0.4 is 0 Å². The van der Waals surface area contributed by atoms with Gasteiger partial charge in [0.1, 0.15) is 0 Å². The standard InChI is InChI=1S/C14H26N2O2/c1-3-4-9-15(13(2)17)12-8-14(18)16-10-6-5-7-11-16/h3-12H2,1-2H3. The largest absolute Gasteiger partial charge is 0.343 e. The van der Waals surface area contributed by atoms with E-state index in [1.165, 1.54) is 6.42 Å². The molecule has 0 saturated carbocycles. The van der Waals surface area contributed by atoms with Crippen LogP contribution in [-0.4, -0.2) is 47.8 Å². The van der Waals surface area contributed by atoms with Crippen molar-refractivity contribution in [2.24, 2.45) is 0 Å². The molecule has 104 valence electrons. The van der Waals surface area contributed by atoms with Crippen molar-refractivity contribution in [2.45, 2.75) is 52.4 Å². The first-order valence-electron chi connectivity index (χ1n) is 7.18. The SMILES string of the molecule is CCCCN(CCC(=O)N1CCCCC1)C(C)=O. The van der Waals surface area contributed by atoms with Gasteiger partial charge in [-0.1, -0.05) is 13.3 Å². The highest BCUT2D eigenvalue weighted by molar-refractivity contribution is 5.78. The molecule has 1 saturated heterocycles. The van der Waals surface area contributed by atoms with Crippen molar-refractivity contribution in [2.75, 3.05) is 26.2 Å². The molecule has 0 N–H and O–H groups in total. The van der Waals surface area contributed by atoms with Crippen molar-refractivity contribution in [3.63, 3.8) is 0 Å². The molecule has 1 aliphatic heterocycles. The Balaban J connectivity index is 2.31. The topological polar surface area (TPSA) is 40.6 Å². The molecule has 0 spiro atoms. The zero-order chi connectivity index (χ0) is 13.4. The maximum atomic E-state index is 12.0. The Morgan fingerprint density at radius 1 is 1.11 bits per heavy atom. The van der Waals surface area contributed by atoms with Crippen LogP contribution in [0, 0.1) is 0 Å². The van der Waals surface area contributed by atoms with Gasteiger partial charge in [0.2, 0.25) is 11.8 Å². The van der Waals surface area contributed by atoms with Crippen LogP contribution in [0.4, 0.5) is 0 Å². The Labute approximate surface area is 110 Å². The third kappa shape index (κ3) is 5.07. The van der Waals surface area contributed by atoms with Gasteiger partial charge in [0.05, 0.1) is 0 Å². The van der Waals surface area contributed by atoms with Crippen molar-refractivity contribution >= 4 is 11.8 Å². The molecule has 4 nitrogen and oxygen atoms in total. The molecule has 0 aliphatic carbocycles. The van der Waals surface area contributed by atoms with Gasteiger partial charge >= 0.3 is 0 Å². The van der Waals surface area contributed by atoms with E-state index in [4.69, 9.17) is 0 Å². The average molecular weight is 254 g/mol. The second-order valence-corrected chi connectivity index (χ2v) is 5.05. The van der Waals surface area contributed by atoms with E-state index < -0.39 is 0 Å². The summed E-state index contributed by atoms with van der Waals surface area (Å²) >= 11 is 0. The molecule has 0 aromatic heterocycles. The van der Waals surface area contributed by atoms with Crippen molar-refractivity contribution in [1.82, 2.24) is 9.80 Å².